The Morgan fingerprint density at radius 3 is 0.871 bits per heavy atom. The molecule has 2 atom stereocenters. The molecule has 0 aliphatic rings. The van der Waals surface area contributed by atoms with E-state index in [0.717, 1.165) is 38.5 Å². The highest BCUT2D eigenvalue weighted by atomic mass is 16.3. The van der Waals surface area contributed by atoms with Gasteiger partial charge in [0.1, 0.15) is 0 Å². The van der Waals surface area contributed by atoms with Gasteiger partial charge in [0.2, 0.25) is 5.91 Å². The third-order valence-corrected chi connectivity index (χ3v) is 14.8. The van der Waals surface area contributed by atoms with Gasteiger partial charge < -0.3 is 15.5 Å². The summed E-state index contributed by atoms with van der Waals surface area (Å²) >= 11 is 0. The van der Waals surface area contributed by atoms with E-state index >= 15 is 0 Å². The van der Waals surface area contributed by atoms with Gasteiger partial charge in [-0.25, -0.2) is 0 Å². The molecule has 0 spiro atoms. The first-order valence-corrected chi connectivity index (χ1v) is 31.9. The van der Waals surface area contributed by atoms with Crippen LogP contribution in [0.2, 0.25) is 0 Å². The fourth-order valence-corrected chi connectivity index (χ4v) is 9.96. The normalized spacial score (nSPS) is 13.0. The molecule has 0 rings (SSSR count). The molecule has 0 aromatic heterocycles. The van der Waals surface area contributed by atoms with E-state index in [0.29, 0.717) is 6.42 Å². The first-order valence-electron chi connectivity index (χ1n) is 31.9. The summed E-state index contributed by atoms with van der Waals surface area (Å²) in [5.41, 5.74) is 0. The first kappa shape index (κ1) is 68.4. The average Bonchev–Trinajstić information content (AvgIpc) is 3.36. The summed E-state index contributed by atoms with van der Waals surface area (Å²) in [5.74, 6) is -0.0604. The molecule has 0 saturated carbocycles. The number of unbranched alkanes of at least 4 members (excludes halogenated alkanes) is 46. The van der Waals surface area contributed by atoms with Crippen molar-refractivity contribution in [1.29, 1.82) is 0 Å². The van der Waals surface area contributed by atoms with Crippen LogP contribution in [0.15, 0.2) is 48.6 Å². The van der Waals surface area contributed by atoms with Crippen molar-refractivity contribution in [2.24, 2.45) is 0 Å². The molecule has 0 heterocycles. The Labute approximate surface area is 439 Å². The number of hydrogen-bond donors (Lipinski definition) is 3. The van der Waals surface area contributed by atoms with Gasteiger partial charge in [0.25, 0.3) is 0 Å². The summed E-state index contributed by atoms with van der Waals surface area (Å²) in [6.45, 7) is 4.33. The van der Waals surface area contributed by atoms with E-state index in [1.807, 2.05) is 6.08 Å². The van der Waals surface area contributed by atoms with Crippen molar-refractivity contribution in [3.8, 4) is 0 Å². The minimum Gasteiger partial charge on any atom is -0.394 e. The molecule has 412 valence electrons. The average molecular weight is 981 g/mol. The van der Waals surface area contributed by atoms with Crippen LogP contribution in [0.3, 0.4) is 0 Å². The molecule has 0 saturated heterocycles. The Morgan fingerprint density at radius 2 is 0.586 bits per heavy atom. The smallest absolute Gasteiger partial charge is 0.220 e. The maximum atomic E-state index is 12.5. The highest BCUT2D eigenvalue weighted by Gasteiger charge is 2.18. The van der Waals surface area contributed by atoms with Crippen molar-refractivity contribution < 1.29 is 15.0 Å². The molecular formula is C66H125NO3. The molecule has 2 unspecified atom stereocenters. The van der Waals surface area contributed by atoms with Crippen LogP contribution >= 0.6 is 0 Å². The summed E-state index contributed by atoms with van der Waals surface area (Å²) in [4.78, 5) is 12.5. The second-order valence-electron chi connectivity index (χ2n) is 21.8. The second kappa shape index (κ2) is 61.6. The highest BCUT2D eigenvalue weighted by Crippen LogP contribution is 2.18. The van der Waals surface area contributed by atoms with E-state index in [1.54, 1.807) is 6.08 Å². The number of aliphatic hydroxyl groups excluding tert-OH is 2. The molecular weight excluding hydrogens is 855 g/mol. The Bertz CT molecular complexity index is 1110. The van der Waals surface area contributed by atoms with Crippen LogP contribution in [0.25, 0.3) is 0 Å². The zero-order valence-corrected chi connectivity index (χ0v) is 47.6. The van der Waals surface area contributed by atoms with E-state index in [4.69, 9.17) is 0 Å². The maximum Gasteiger partial charge on any atom is 0.220 e. The maximum absolute atomic E-state index is 12.5. The van der Waals surface area contributed by atoms with Crippen molar-refractivity contribution in [3.63, 3.8) is 0 Å². The number of amides is 1. The third-order valence-electron chi connectivity index (χ3n) is 14.8. The molecule has 0 fully saturated rings. The van der Waals surface area contributed by atoms with Crippen molar-refractivity contribution >= 4 is 5.91 Å². The number of allylic oxidation sites excluding steroid dienone is 7. The number of nitrogens with one attached hydrogen (secondary N) is 1. The van der Waals surface area contributed by atoms with Crippen molar-refractivity contribution in [2.45, 2.75) is 360 Å². The van der Waals surface area contributed by atoms with Crippen LogP contribution in [0.4, 0.5) is 0 Å². The Balaban J connectivity index is 3.46. The summed E-state index contributed by atoms with van der Waals surface area (Å²) < 4.78 is 0. The molecule has 1 amide bonds. The second-order valence-corrected chi connectivity index (χ2v) is 21.8. The van der Waals surface area contributed by atoms with Crippen molar-refractivity contribution in [2.75, 3.05) is 6.61 Å². The molecule has 70 heavy (non-hydrogen) atoms. The lowest BCUT2D eigenvalue weighted by atomic mass is 10.0. The van der Waals surface area contributed by atoms with E-state index in [2.05, 4.69) is 55.6 Å². The standard InChI is InChI=1S/C66H125NO3/c1-3-5-7-9-11-13-15-17-19-21-23-25-27-29-31-33-35-37-39-41-43-45-47-49-51-53-55-57-59-61-65(69)64(63-68)67-66(70)62-60-58-56-54-52-50-48-46-44-42-40-38-36-34-32-30-28-26-24-22-20-18-16-14-12-10-8-6-4-2/h16,18,22,24,28,30,59,61,64-65,68-69H,3-15,17,19-21,23,25-27,29,31-58,60,62-63H2,1-2H3,(H,67,70)/b18-16-,24-22-,30-28-,61-59+. The van der Waals surface area contributed by atoms with Crippen LogP contribution < -0.4 is 5.32 Å². The van der Waals surface area contributed by atoms with Gasteiger partial charge in [0, 0.05) is 6.42 Å². The largest absolute Gasteiger partial charge is 0.394 e. The monoisotopic (exact) mass is 980 g/mol. The number of rotatable bonds is 59. The van der Waals surface area contributed by atoms with Crippen LogP contribution in [-0.2, 0) is 4.79 Å². The molecule has 0 aliphatic carbocycles. The summed E-state index contributed by atoms with van der Waals surface area (Å²) in [6, 6.07) is -0.625. The molecule has 0 bridgehead atoms. The third kappa shape index (κ3) is 57.3. The molecule has 0 aromatic rings. The van der Waals surface area contributed by atoms with E-state index < -0.39 is 12.1 Å². The minimum atomic E-state index is -0.842. The van der Waals surface area contributed by atoms with Crippen LogP contribution in [0, 0.1) is 0 Å². The molecule has 0 radical (unpaired) electrons. The SMILES string of the molecule is CCCCCCC/C=C\C/C=C\C/C=C\CCCCCCCCCCCCCCCCC(=O)NC(CO)C(O)/C=C/CCCCCCCCCCCCCCCCCCCCCCCCCCCCC. The molecule has 0 aromatic carbocycles. The minimum absolute atomic E-state index is 0.0604. The zero-order valence-electron chi connectivity index (χ0n) is 47.6. The van der Waals surface area contributed by atoms with Gasteiger partial charge in [-0.1, -0.05) is 332 Å². The summed E-state index contributed by atoms with van der Waals surface area (Å²) in [7, 11) is 0. The molecule has 4 heteroatoms. The lowest BCUT2D eigenvalue weighted by molar-refractivity contribution is -0.123. The van der Waals surface area contributed by atoms with Crippen molar-refractivity contribution in [1.82, 2.24) is 5.32 Å². The molecule has 4 nitrogen and oxygen atoms in total. The highest BCUT2D eigenvalue weighted by molar-refractivity contribution is 5.76. The van der Waals surface area contributed by atoms with Gasteiger partial charge in [-0.3, -0.25) is 4.79 Å². The van der Waals surface area contributed by atoms with Crippen LogP contribution in [0.1, 0.15) is 348 Å². The Morgan fingerprint density at radius 1 is 0.343 bits per heavy atom. The predicted molar refractivity (Wildman–Crippen MR) is 313 cm³/mol. The number of hydrogen-bond acceptors (Lipinski definition) is 3. The Kier molecular flexibility index (Phi) is 60.2. The van der Waals surface area contributed by atoms with Crippen molar-refractivity contribution in [3.05, 3.63) is 48.6 Å². The van der Waals surface area contributed by atoms with Gasteiger partial charge >= 0.3 is 0 Å². The van der Waals surface area contributed by atoms with Gasteiger partial charge in [0.15, 0.2) is 0 Å². The fourth-order valence-electron chi connectivity index (χ4n) is 9.96. The van der Waals surface area contributed by atoms with Gasteiger partial charge in [-0.2, -0.15) is 0 Å². The zero-order chi connectivity index (χ0) is 50.6. The number of carbonyl (C=O) groups is 1. The Hall–Kier alpha value is -1.65. The summed E-state index contributed by atoms with van der Waals surface area (Å²) in [6.07, 6.45) is 85.9. The van der Waals surface area contributed by atoms with Crippen LogP contribution in [0.5, 0.6) is 0 Å². The lowest BCUT2D eigenvalue weighted by Crippen LogP contribution is -2.45. The van der Waals surface area contributed by atoms with Gasteiger partial charge in [0.05, 0.1) is 18.8 Å². The molecule has 3 N–H and O–H groups in total. The lowest BCUT2D eigenvalue weighted by Gasteiger charge is -2.20. The van der Waals surface area contributed by atoms with Gasteiger partial charge in [-0.05, 0) is 57.8 Å². The topological polar surface area (TPSA) is 69.6 Å². The quantitative estimate of drug-likeness (QED) is 0.0420. The van der Waals surface area contributed by atoms with E-state index in [-0.39, 0.29) is 12.5 Å². The molecule has 0 aliphatic heterocycles. The van der Waals surface area contributed by atoms with Crippen LogP contribution in [-0.4, -0.2) is 34.9 Å². The first-order chi connectivity index (χ1) is 34.7. The van der Waals surface area contributed by atoms with E-state index in [1.165, 1.54) is 289 Å². The number of aliphatic hydroxyl groups is 2. The van der Waals surface area contributed by atoms with E-state index in [9.17, 15) is 15.0 Å². The summed E-state index contributed by atoms with van der Waals surface area (Å²) in [5, 5.41) is 23.3. The number of carbonyl (C=O) groups excluding carboxylic acids is 1. The fraction of sp³-hybridized carbons (Fsp3) is 0.864. The van der Waals surface area contributed by atoms with Gasteiger partial charge in [-0.15, -0.1) is 0 Å². The predicted octanol–water partition coefficient (Wildman–Crippen LogP) is 21.4.